The van der Waals surface area contributed by atoms with Gasteiger partial charge in [0.2, 0.25) is 0 Å². The van der Waals surface area contributed by atoms with E-state index in [0.717, 1.165) is 11.0 Å². The van der Waals surface area contributed by atoms with Crippen molar-refractivity contribution in [1.82, 2.24) is 4.98 Å². The number of hydrogen-bond donors (Lipinski definition) is 0. The van der Waals surface area contributed by atoms with Crippen molar-refractivity contribution in [2.75, 3.05) is 0 Å². The maximum absolute atomic E-state index is 4.74. The molecule has 3 aromatic rings. The number of pyridine rings is 1. The first-order valence-electron chi connectivity index (χ1n) is 5.92. The van der Waals surface area contributed by atoms with Crippen molar-refractivity contribution in [3.05, 3.63) is 53.1 Å². The molecule has 0 saturated heterocycles. The lowest BCUT2D eigenvalue weighted by molar-refractivity contribution is 1.34. The third kappa shape index (κ3) is 1.68. The van der Waals surface area contributed by atoms with Gasteiger partial charge < -0.3 is 0 Å². The minimum absolute atomic E-state index is 1.08. The van der Waals surface area contributed by atoms with E-state index in [-0.39, 0.29) is 0 Å². The molecular formula is C16H15N. The summed E-state index contributed by atoms with van der Waals surface area (Å²) < 4.78 is 0. The molecule has 0 bridgehead atoms. The van der Waals surface area contributed by atoms with Crippen molar-refractivity contribution >= 4 is 21.8 Å². The zero-order chi connectivity index (χ0) is 12.0. The van der Waals surface area contributed by atoms with Gasteiger partial charge in [-0.1, -0.05) is 12.1 Å². The zero-order valence-corrected chi connectivity index (χ0v) is 10.4. The van der Waals surface area contributed by atoms with Gasteiger partial charge in [-0.3, -0.25) is 0 Å². The van der Waals surface area contributed by atoms with Crippen molar-refractivity contribution in [2.45, 2.75) is 20.8 Å². The highest BCUT2D eigenvalue weighted by Gasteiger charge is 2.02. The molecule has 0 amide bonds. The number of hydrogen-bond acceptors (Lipinski definition) is 1. The molecule has 1 nitrogen and oxygen atoms in total. The third-order valence-corrected chi connectivity index (χ3v) is 3.38. The molecule has 1 heteroatoms. The minimum Gasteiger partial charge on any atom is -0.248 e. The number of aromatic nitrogens is 1. The number of fused-ring (bicyclic) bond motifs is 2. The highest BCUT2D eigenvalue weighted by atomic mass is 14.7. The molecule has 0 fully saturated rings. The SMILES string of the molecule is Cc1ccc2cc3cc(C)c(C)cc3nc2c1. The van der Waals surface area contributed by atoms with Crippen molar-refractivity contribution < 1.29 is 0 Å². The average Bonchev–Trinajstić information content (AvgIpc) is 2.28. The lowest BCUT2D eigenvalue weighted by Gasteiger charge is -2.06. The summed E-state index contributed by atoms with van der Waals surface area (Å²) in [7, 11) is 0. The summed E-state index contributed by atoms with van der Waals surface area (Å²) in [5.74, 6) is 0. The number of rotatable bonds is 0. The minimum atomic E-state index is 1.08. The molecular weight excluding hydrogens is 206 g/mol. The van der Waals surface area contributed by atoms with E-state index in [1.807, 2.05) is 0 Å². The molecule has 1 aromatic heterocycles. The topological polar surface area (TPSA) is 12.9 Å². The molecule has 0 unspecified atom stereocenters. The highest BCUT2D eigenvalue weighted by molar-refractivity contribution is 5.93. The maximum Gasteiger partial charge on any atom is 0.0712 e. The number of benzene rings is 2. The quantitative estimate of drug-likeness (QED) is 0.515. The van der Waals surface area contributed by atoms with Crippen LogP contribution >= 0.6 is 0 Å². The monoisotopic (exact) mass is 221 g/mol. The van der Waals surface area contributed by atoms with Gasteiger partial charge in [0.25, 0.3) is 0 Å². The van der Waals surface area contributed by atoms with E-state index >= 15 is 0 Å². The molecule has 0 aliphatic heterocycles. The Labute approximate surface area is 101 Å². The normalized spacial score (nSPS) is 11.2. The van der Waals surface area contributed by atoms with Crippen LogP contribution in [0.2, 0.25) is 0 Å². The van der Waals surface area contributed by atoms with E-state index in [1.165, 1.54) is 27.5 Å². The zero-order valence-electron chi connectivity index (χ0n) is 10.4. The fraction of sp³-hybridized carbons (Fsp3) is 0.188. The van der Waals surface area contributed by atoms with Crippen molar-refractivity contribution in [1.29, 1.82) is 0 Å². The maximum atomic E-state index is 4.74. The van der Waals surface area contributed by atoms with Crippen LogP contribution in [0.25, 0.3) is 21.8 Å². The predicted octanol–water partition coefficient (Wildman–Crippen LogP) is 4.31. The smallest absolute Gasteiger partial charge is 0.0712 e. The first-order valence-corrected chi connectivity index (χ1v) is 5.92. The van der Waals surface area contributed by atoms with Crippen LogP contribution in [0.15, 0.2) is 36.4 Å². The van der Waals surface area contributed by atoms with E-state index in [4.69, 9.17) is 4.98 Å². The molecule has 0 aliphatic carbocycles. The summed E-state index contributed by atoms with van der Waals surface area (Å²) >= 11 is 0. The van der Waals surface area contributed by atoms with Crippen molar-refractivity contribution in [2.24, 2.45) is 0 Å². The molecule has 0 N–H and O–H groups in total. The Kier molecular flexibility index (Phi) is 2.15. The molecule has 17 heavy (non-hydrogen) atoms. The van der Waals surface area contributed by atoms with E-state index in [1.54, 1.807) is 0 Å². The van der Waals surface area contributed by atoms with Gasteiger partial charge in [0, 0.05) is 10.8 Å². The summed E-state index contributed by atoms with van der Waals surface area (Å²) in [6.45, 7) is 6.39. The van der Waals surface area contributed by atoms with Gasteiger partial charge in [-0.25, -0.2) is 4.98 Å². The number of aryl methyl sites for hydroxylation is 3. The average molecular weight is 221 g/mol. The Morgan fingerprint density at radius 3 is 2.24 bits per heavy atom. The molecule has 0 radical (unpaired) electrons. The standard InChI is InChI=1S/C16H15N/c1-10-4-5-13-9-14-7-11(2)12(3)8-16(14)17-15(13)6-10/h4-9H,1-3H3. The molecule has 0 saturated carbocycles. The Morgan fingerprint density at radius 1 is 0.706 bits per heavy atom. The van der Waals surface area contributed by atoms with Crippen LogP contribution < -0.4 is 0 Å². The van der Waals surface area contributed by atoms with Crippen LogP contribution in [0.4, 0.5) is 0 Å². The third-order valence-electron chi connectivity index (χ3n) is 3.38. The Hall–Kier alpha value is -1.89. The lowest BCUT2D eigenvalue weighted by Crippen LogP contribution is -1.87. The van der Waals surface area contributed by atoms with E-state index < -0.39 is 0 Å². The molecule has 1 heterocycles. The second kappa shape index (κ2) is 3.56. The first kappa shape index (κ1) is 10.3. The largest absolute Gasteiger partial charge is 0.248 e. The summed E-state index contributed by atoms with van der Waals surface area (Å²) in [5, 5.41) is 2.44. The Balaban J connectivity index is 2.43. The number of nitrogens with zero attached hydrogens (tertiary/aromatic N) is 1. The van der Waals surface area contributed by atoms with Gasteiger partial charge in [-0.2, -0.15) is 0 Å². The molecule has 0 aliphatic rings. The highest BCUT2D eigenvalue weighted by Crippen LogP contribution is 2.23. The molecule has 0 atom stereocenters. The van der Waals surface area contributed by atoms with Crippen LogP contribution in [0, 0.1) is 20.8 Å². The van der Waals surface area contributed by atoms with Crippen LogP contribution in [-0.4, -0.2) is 4.98 Å². The van der Waals surface area contributed by atoms with Crippen LogP contribution in [0.1, 0.15) is 16.7 Å². The van der Waals surface area contributed by atoms with E-state index in [2.05, 4.69) is 57.2 Å². The first-order chi connectivity index (χ1) is 8.13. The van der Waals surface area contributed by atoms with Gasteiger partial charge in [-0.15, -0.1) is 0 Å². The summed E-state index contributed by atoms with van der Waals surface area (Å²) in [6, 6.07) is 13.0. The predicted molar refractivity (Wildman–Crippen MR) is 73.5 cm³/mol. The van der Waals surface area contributed by atoms with E-state index in [0.29, 0.717) is 0 Å². The van der Waals surface area contributed by atoms with Gasteiger partial charge in [0.15, 0.2) is 0 Å². The fourth-order valence-electron chi connectivity index (χ4n) is 2.21. The molecule has 84 valence electrons. The van der Waals surface area contributed by atoms with Gasteiger partial charge >= 0.3 is 0 Å². The van der Waals surface area contributed by atoms with Crippen molar-refractivity contribution in [3.8, 4) is 0 Å². The van der Waals surface area contributed by atoms with Crippen molar-refractivity contribution in [3.63, 3.8) is 0 Å². The lowest BCUT2D eigenvalue weighted by atomic mass is 10.0. The summed E-state index contributed by atoms with van der Waals surface area (Å²) in [4.78, 5) is 4.74. The van der Waals surface area contributed by atoms with Crippen LogP contribution in [0.3, 0.4) is 0 Å². The van der Waals surface area contributed by atoms with Crippen LogP contribution in [-0.2, 0) is 0 Å². The summed E-state index contributed by atoms with van der Waals surface area (Å²) in [6.07, 6.45) is 0. The Bertz CT molecular complexity index is 726. The second-order valence-corrected chi connectivity index (χ2v) is 4.81. The Morgan fingerprint density at radius 2 is 1.41 bits per heavy atom. The molecule has 3 rings (SSSR count). The van der Waals surface area contributed by atoms with Gasteiger partial charge in [0.1, 0.15) is 0 Å². The fourth-order valence-corrected chi connectivity index (χ4v) is 2.21. The molecule has 2 aromatic carbocycles. The molecule has 0 spiro atoms. The van der Waals surface area contributed by atoms with E-state index in [9.17, 15) is 0 Å². The summed E-state index contributed by atoms with van der Waals surface area (Å²) in [5.41, 5.74) is 6.06. The van der Waals surface area contributed by atoms with Gasteiger partial charge in [-0.05, 0) is 61.7 Å². The van der Waals surface area contributed by atoms with Crippen LogP contribution in [0.5, 0.6) is 0 Å². The van der Waals surface area contributed by atoms with Gasteiger partial charge in [0.05, 0.1) is 11.0 Å². The second-order valence-electron chi connectivity index (χ2n) is 4.81.